The molecule has 0 bridgehead atoms. The van der Waals surface area contributed by atoms with Gasteiger partial charge in [-0.2, -0.15) is 5.10 Å². The number of benzene rings is 1. The van der Waals surface area contributed by atoms with Gasteiger partial charge in [-0.3, -0.25) is 4.90 Å². The monoisotopic (exact) mass is 576 g/mol. The Labute approximate surface area is 244 Å². The first kappa shape index (κ1) is 28.7. The van der Waals surface area contributed by atoms with Gasteiger partial charge in [0, 0.05) is 36.5 Å². The maximum atomic E-state index is 12.7. The predicted octanol–water partition coefficient (Wildman–Crippen LogP) is 5.34. The molecule has 4 heterocycles. The molecular formula is C29H36N8O5. The molecule has 0 aliphatic carbocycles. The van der Waals surface area contributed by atoms with E-state index in [1.807, 2.05) is 62.2 Å². The molecule has 0 unspecified atom stereocenters. The zero-order chi connectivity index (χ0) is 30.2. The van der Waals surface area contributed by atoms with Crippen LogP contribution in [0.3, 0.4) is 0 Å². The SMILES string of the molecule is COc1cc(-n2cnc(Nc3nc(C4=CN(C(=O)OC(C)(C)C)CC4)nc4c3cnn4C(C)C)c2)cc(OC)c1OC. The molecule has 0 saturated heterocycles. The van der Waals surface area contributed by atoms with Gasteiger partial charge in [-0.05, 0) is 41.0 Å². The molecule has 0 atom stereocenters. The van der Waals surface area contributed by atoms with Crippen molar-refractivity contribution in [1.29, 1.82) is 0 Å². The van der Waals surface area contributed by atoms with E-state index in [1.54, 1.807) is 45.0 Å². The highest BCUT2D eigenvalue weighted by molar-refractivity contribution is 5.89. The molecule has 42 heavy (non-hydrogen) atoms. The van der Waals surface area contributed by atoms with Crippen LogP contribution in [0.1, 0.15) is 52.9 Å². The van der Waals surface area contributed by atoms with Crippen LogP contribution >= 0.6 is 0 Å². The van der Waals surface area contributed by atoms with E-state index >= 15 is 0 Å². The third-order valence-electron chi connectivity index (χ3n) is 6.57. The number of carbonyl (C=O) groups excluding carboxylic acids is 1. The van der Waals surface area contributed by atoms with Gasteiger partial charge in [0.25, 0.3) is 0 Å². The van der Waals surface area contributed by atoms with E-state index < -0.39 is 11.7 Å². The molecule has 0 fully saturated rings. The van der Waals surface area contributed by atoms with Gasteiger partial charge in [0.05, 0.1) is 44.8 Å². The van der Waals surface area contributed by atoms with Crippen molar-refractivity contribution in [2.45, 2.75) is 52.7 Å². The van der Waals surface area contributed by atoms with Gasteiger partial charge in [-0.25, -0.2) is 24.4 Å². The number of fused-ring (bicyclic) bond motifs is 1. The lowest BCUT2D eigenvalue weighted by Gasteiger charge is -2.23. The number of nitrogens with zero attached hydrogens (tertiary/aromatic N) is 7. The number of aromatic nitrogens is 6. The molecule has 3 aromatic heterocycles. The second-order valence-corrected chi connectivity index (χ2v) is 11.1. The first-order chi connectivity index (χ1) is 20.0. The Balaban J connectivity index is 1.50. The van der Waals surface area contributed by atoms with Crippen molar-refractivity contribution < 1.29 is 23.7 Å². The summed E-state index contributed by atoms with van der Waals surface area (Å²) in [5.41, 5.74) is 1.68. The summed E-state index contributed by atoms with van der Waals surface area (Å²) in [7, 11) is 4.71. The molecule has 13 heteroatoms. The second kappa shape index (κ2) is 11.2. The van der Waals surface area contributed by atoms with Crippen molar-refractivity contribution in [2.75, 3.05) is 33.2 Å². The normalized spacial score (nSPS) is 13.5. The molecule has 5 rings (SSSR count). The fourth-order valence-corrected chi connectivity index (χ4v) is 4.60. The summed E-state index contributed by atoms with van der Waals surface area (Å²) >= 11 is 0. The van der Waals surface area contributed by atoms with Gasteiger partial charge in [-0.15, -0.1) is 0 Å². The van der Waals surface area contributed by atoms with Gasteiger partial charge in [0.2, 0.25) is 5.75 Å². The molecule has 0 saturated carbocycles. The van der Waals surface area contributed by atoms with E-state index in [9.17, 15) is 4.79 Å². The van der Waals surface area contributed by atoms with E-state index in [2.05, 4.69) is 15.4 Å². The molecule has 1 aliphatic heterocycles. The molecule has 13 nitrogen and oxygen atoms in total. The lowest BCUT2D eigenvalue weighted by Crippen LogP contribution is -2.32. The van der Waals surface area contributed by atoms with Gasteiger partial charge < -0.3 is 28.8 Å². The molecule has 1 aromatic carbocycles. The van der Waals surface area contributed by atoms with Crippen molar-refractivity contribution in [1.82, 2.24) is 34.2 Å². The topological polar surface area (TPSA) is 131 Å². The van der Waals surface area contributed by atoms with Crippen LogP contribution in [0, 0.1) is 0 Å². The summed E-state index contributed by atoms with van der Waals surface area (Å²) in [6.45, 7) is 10.1. The summed E-state index contributed by atoms with van der Waals surface area (Å²) in [6, 6.07) is 3.75. The van der Waals surface area contributed by atoms with E-state index in [0.717, 1.165) is 16.6 Å². The van der Waals surface area contributed by atoms with Gasteiger partial charge in [0.1, 0.15) is 23.6 Å². The average Bonchev–Trinajstić information content (AvgIpc) is 3.71. The van der Waals surface area contributed by atoms with Gasteiger partial charge in [0.15, 0.2) is 23.0 Å². The maximum Gasteiger partial charge on any atom is 0.414 e. The summed E-state index contributed by atoms with van der Waals surface area (Å²) < 4.78 is 25.7. The van der Waals surface area contributed by atoms with E-state index in [4.69, 9.17) is 28.9 Å². The number of hydrogen-bond acceptors (Lipinski definition) is 10. The van der Waals surface area contributed by atoms with Crippen molar-refractivity contribution >= 4 is 34.3 Å². The summed E-state index contributed by atoms with van der Waals surface area (Å²) in [4.78, 5) is 28.5. The van der Waals surface area contributed by atoms with E-state index in [-0.39, 0.29) is 6.04 Å². The van der Waals surface area contributed by atoms with Crippen LogP contribution in [0.15, 0.2) is 37.1 Å². The number of methoxy groups -OCH3 is 3. The Morgan fingerprint density at radius 3 is 2.38 bits per heavy atom. The Morgan fingerprint density at radius 1 is 1.05 bits per heavy atom. The quantitative estimate of drug-likeness (QED) is 0.293. The van der Waals surface area contributed by atoms with Crippen LogP contribution < -0.4 is 19.5 Å². The Bertz CT molecular complexity index is 1620. The van der Waals surface area contributed by atoms with Crippen molar-refractivity contribution in [3.05, 3.63) is 42.9 Å². The third kappa shape index (κ3) is 5.67. The highest BCUT2D eigenvalue weighted by atomic mass is 16.6. The molecule has 1 amide bonds. The molecule has 1 aliphatic rings. The molecule has 0 spiro atoms. The summed E-state index contributed by atoms with van der Waals surface area (Å²) in [6.07, 6.45) is 7.21. The standard InChI is InChI=1S/C29H36N8O5/c1-17(2)37-27-20(13-31-37)26(33-25(34-27)18-9-10-35(14-18)28(38)42-29(3,4)5)32-23-15-36(16-30-23)19-11-21(39-6)24(41-8)22(12-19)40-7/h11-17H,9-10H2,1-8H3,(H,32,33,34). The van der Waals surface area contributed by atoms with Gasteiger partial charge >= 0.3 is 6.09 Å². The van der Waals surface area contributed by atoms with Crippen LogP contribution in [0.4, 0.5) is 16.4 Å². The minimum absolute atomic E-state index is 0.0770. The molecule has 1 N–H and O–H groups in total. The highest BCUT2D eigenvalue weighted by Crippen LogP contribution is 2.39. The molecule has 222 valence electrons. The lowest BCUT2D eigenvalue weighted by molar-refractivity contribution is 0.0349. The second-order valence-electron chi connectivity index (χ2n) is 11.1. The highest BCUT2D eigenvalue weighted by Gasteiger charge is 2.27. The maximum absolute atomic E-state index is 12.7. The number of amides is 1. The number of carbonyl (C=O) groups is 1. The van der Waals surface area contributed by atoms with Crippen LogP contribution in [0.25, 0.3) is 22.3 Å². The van der Waals surface area contributed by atoms with Crippen molar-refractivity contribution in [2.24, 2.45) is 0 Å². The number of nitrogens with one attached hydrogen (secondary N) is 1. The Morgan fingerprint density at radius 2 is 1.76 bits per heavy atom. The Kier molecular flexibility index (Phi) is 7.67. The zero-order valence-electron chi connectivity index (χ0n) is 25.1. The fraction of sp³-hybridized carbons (Fsp3) is 0.414. The van der Waals surface area contributed by atoms with Crippen molar-refractivity contribution in [3.8, 4) is 22.9 Å². The fourth-order valence-electron chi connectivity index (χ4n) is 4.60. The minimum Gasteiger partial charge on any atom is -0.493 e. The third-order valence-corrected chi connectivity index (χ3v) is 6.57. The predicted molar refractivity (Wildman–Crippen MR) is 158 cm³/mol. The number of imidazole rings is 1. The Hall–Kier alpha value is -4.81. The van der Waals surface area contributed by atoms with Crippen LogP contribution in [-0.2, 0) is 4.74 Å². The first-order valence-corrected chi connectivity index (χ1v) is 13.6. The number of rotatable bonds is 8. The lowest BCUT2D eigenvalue weighted by atomic mass is 10.2. The molecule has 4 aromatic rings. The molecule has 0 radical (unpaired) electrons. The van der Waals surface area contributed by atoms with Crippen molar-refractivity contribution in [3.63, 3.8) is 0 Å². The smallest absolute Gasteiger partial charge is 0.414 e. The van der Waals surface area contributed by atoms with Crippen LogP contribution in [-0.4, -0.2) is 73.8 Å². The van der Waals surface area contributed by atoms with Gasteiger partial charge in [-0.1, -0.05) is 0 Å². The minimum atomic E-state index is -0.588. The average molecular weight is 577 g/mol. The first-order valence-electron chi connectivity index (χ1n) is 13.6. The van der Waals surface area contributed by atoms with Crippen LogP contribution in [0.2, 0.25) is 0 Å². The van der Waals surface area contributed by atoms with Crippen LogP contribution in [0.5, 0.6) is 17.2 Å². The van der Waals surface area contributed by atoms with E-state index in [1.165, 1.54) is 0 Å². The largest absolute Gasteiger partial charge is 0.493 e. The van der Waals surface area contributed by atoms with E-state index in [0.29, 0.717) is 53.3 Å². The number of ether oxygens (including phenoxy) is 4. The molecular weight excluding hydrogens is 540 g/mol. The number of hydrogen-bond donors (Lipinski definition) is 1. The number of anilines is 2. The zero-order valence-corrected chi connectivity index (χ0v) is 25.1. The summed E-state index contributed by atoms with van der Waals surface area (Å²) in [5, 5.41) is 8.65. The summed E-state index contributed by atoms with van der Waals surface area (Å²) in [5.74, 6) is 3.18.